The minimum atomic E-state index is -2.48. The van der Waals surface area contributed by atoms with Crippen LogP contribution in [-0.2, 0) is 0 Å². The third kappa shape index (κ3) is 2.42. The van der Waals surface area contributed by atoms with E-state index in [-0.39, 0.29) is 6.42 Å². The molecule has 1 aliphatic rings. The molecule has 2 rings (SSSR count). The van der Waals surface area contributed by atoms with E-state index in [9.17, 15) is 8.78 Å². The zero-order valence-corrected chi connectivity index (χ0v) is 9.71. The van der Waals surface area contributed by atoms with Gasteiger partial charge in [0.1, 0.15) is 0 Å². The Morgan fingerprint density at radius 3 is 2.53 bits per heavy atom. The Bertz CT molecular complexity index is 355. The highest BCUT2D eigenvalue weighted by molar-refractivity contribution is 9.10. The van der Waals surface area contributed by atoms with E-state index in [1.165, 1.54) is 0 Å². The lowest BCUT2D eigenvalue weighted by Gasteiger charge is -2.16. The van der Waals surface area contributed by atoms with Crippen molar-refractivity contribution in [1.29, 1.82) is 0 Å². The van der Waals surface area contributed by atoms with Crippen molar-refractivity contribution in [3.63, 3.8) is 0 Å². The third-order valence-electron chi connectivity index (χ3n) is 2.40. The van der Waals surface area contributed by atoms with Gasteiger partial charge in [-0.2, -0.15) is 0 Å². The highest BCUT2D eigenvalue weighted by atomic mass is 79.9. The van der Waals surface area contributed by atoms with Gasteiger partial charge in [-0.05, 0) is 15.9 Å². The first kappa shape index (κ1) is 10.7. The summed E-state index contributed by atoms with van der Waals surface area (Å²) in [5.41, 5.74) is 0. The summed E-state index contributed by atoms with van der Waals surface area (Å²) in [6, 6.07) is 0. The Morgan fingerprint density at radius 1 is 1.53 bits per heavy atom. The molecule has 0 N–H and O–H groups in total. The molecule has 1 aromatic heterocycles. The Morgan fingerprint density at radius 2 is 2.07 bits per heavy atom. The summed E-state index contributed by atoms with van der Waals surface area (Å²) in [5, 5.41) is 0. The number of nitrogens with zero attached hydrogens (tertiary/aromatic N) is 3. The average molecular weight is 278 g/mol. The zero-order valence-electron chi connectivity index (χ0n) is 8.12. The molecular weight excluding hydrogens is 268 g/mol. The van der Waals surface area contributed by atoms with Gasteiger partial charge in [-0.25, -0.2) is 18.7 Å². The first-order chi connectivity index (χ1) is 6.99. The Labute approximate surface area is 94.6 Å². The monoisotopic (exact) mass is 277 g/mol. The van der Waals surface area contributed by atoms with E-state index in [0.717, 1.165) is 4.47 Å². The molecular formula is C9H10BrF2N3. The SMILES string of the molecule is CN(CC1CC1(F)F)c1ncc(Br)cn1. The zero-order chi connectivity index (χ0) is 11.1. The average Bonchev–Trinajstić information content (AvgIpc) is 2.74. The van der Waals surface area contributed by atoms with Crippen molar-refractivity contribution in [1.82, 2.24) is 9.97 Å². The summed E-state index contributed by atoms with van der Waals surface area (Å²) in [5.74, 6) is -2.56. The first-order valence-corrected chi connectivity index (χ1v) is 5.35. The third-order valence-corrected chi connectivity index (χ3v) is 2.81. The second-order valence-corrected chi connectivity index (χ2v) is 4.66. The number of halogens is 3. The minimum absolute atomic E-state index is 0.0200. The largest absolute Gasteiger partial charge is 0.343 e. The fourth-order valence-electron chi connectivity index (χ4n) is 1.38. The summed E-state index contributed by atoms with van der Waals surface area (Å²) < 4.78 is 26.1. The Hall–Kier alpha value is -0.780. The van der Waals surface area contributed by atoms with E-state index in [4.69, 9.17) is 0 Å². The van der Waals surface area contributed by atoms with Gasteiger partial charge in [-0.1, -0.05) is 0 Å². The van der Waals surface area contributed by atoms with Gasteiger partial charge in [-0.15, -0.1) is 0 Å². The van der Waals surface area contributed by atoms with Crippen LogP contribution in [0.1, 0.15) is 6.42 Å². The van der Waals surface area contributed by atoms with E-state index >= 15 is 0 Å². The lowest BCUT2D eigenvalue weighted by Crippen LogP contribution is -2.24. The lowest BCUT2D eigenvalue weighted by atomic mass is 10.4. The smallest absolute Gasteiger partial charge is 0.253 e. The van der Waals surface area contributed by atoms with Gasteiger partial charge in [0, 0.05) is 38.3 Å². The molecule has 0 bridgehead atoms. The van der Waals surface area contributed by atoms with E-state index < -0.39 is 11.8 Å². The van der Waals surface area contributed by atoms with Crippen molar-refractivity contribution in [3.05, 3.63) is 16.9 Å². The van der Waals surface area contributed by atoms with E-state index in [0.29, 0.717) is 12.5 Å². The number of aromatic nitrogens is 2. The lowest BCUT2D eigenvalue weighted by molar-refractivity contribution is 0.100. The quantitative estimate of drug-likeness (QED) is 0.849. The maximum absolute atomic E-state index is 12.7. The van der Waals surface area contributed by atoms with Gasteiger partial charge >= 0.3 is 0 Å². The molecule has 0 aliphatic heterocycles. The number of anilines is 1. The molecule has 0 amide bonds. The summed E-state index contributed by atoms with van der Waals surface area (Å²) >= 11 is 3.21. The first-order valence-electron chi connectivity index (χ1n) is 4.55. The number of rotatable bonds is 3. The van der Waals surface area contributed by atoms with Crippen LogP contribution < -0.4 is 4.90 Å². The van der Waals surface area contributed by atoms with E-state index in [2.05, 4.69) is 25.9 Å². The van der Waals surface area contributed by atoms with Crippen LogP contribution in [0.2, 0.25) is 0 Å². The fourth-order valence-corrected chi connectivity index (χ4v) is 1.59. The molecule has 15 heavy (non-hydrogen) atoms. The van der Waals surface area contributed by atoms with Gasteiger partial charge < -0.3 is 4.90 Å². The van der Waals surface area contributed by atoms with Crippen LogP contribution in [0.25, 0.3) is 0 Å². The molecule has 1 unspecified atom stereocenters. The van der Waals surface area contributed by atoms with Gasteiger partial charge in [-0.3, -0.25) is 0 Å². The van der Waals surface area contributed by atoms with Crippen molar-refractivity contribution >= 4 is 21.9 Å². The van der Waals surface area contributed by atoms with Crippen LogP contribution in [-0.4, -0.2) is 29.5 Å². The standard InChI is InChI=1S/C9H10BrF2N3/c1-15(5-6-2-9(6,11)12)8-13-3-7(10)4-14-8/h3-4,6H,2,5H2,1H3. The van der Waals surface area contributed by atoms with Crippen molar-refractivity contribution in [3.8, 4) is 0 Å². The summed E-state index contributed by atoms with van der Waals surface area (Å²) in [4.78, 5) is 9.71. The molecule has 1 fully saturated rings. The molecule has 1 aromatic rings. The Balaban J connectivity index is 1.97. The van der Waals surface area contributed by atoms with Crippen molar-refractivity contribution in [2.45, 2.75) is 12.3 Å². The Kier molecular flexibility index (Phi) is 2.62. The highest BCUT2D eigenvalue weighted by Gasteiger charge is 2.57. The van der Waals surface area contributed by atoms with Gasteiger partial charge in [0.05, 0.1) is 4.47 Å². The summed E-state index contributed by atoms with van der Waals surface area (Å²) in [6.45, 7) is 0.300. The number of hydrogen-bond donors (Lipinski definition) is 0. The second kappa shape index (κ2) is 3.66. The molecule has 82 valence electrons. The number of alkyl halides is 2. The molecule has 0 radical (unpaired) electrons. The maximum atomic E-state index is 12.7. The second-order valence-electron chi connectivity index (χ2n) is 3.74. The molecule has 1 heterocycles. The predicted molar refractivity (Wildman–Crippen MR) is 56.1 cm³/mol. The topological polar surface area (TPSA) is 29.0 Å². The van der Waals surface area contributed by atoms with Gasteiger partial charge in [0.25, 0.3) is 5.92 Å². The maximum Gasteiger partial charge on any atom is 0.253 e. The molecule has 0 saturated heterocycles. The molecule has 0 aromatic carbocycles. The molecule has 6 heteroatoms. The molecule has 1 saturated carbocycles. The molecule has 0 spiro atoms. The molecule has 1 atom stereocenters. The number of hydrogen-bond acceptors (Lipinski definition) is 3. The van der Waals surface area contributed by atoms with Crippen molar-refractivity contribution in [2.24, 2.45) is 5.92 Å². The minimum Gasteiger partial charge on any atom is -0.343 e. The van der Waals surface area contributed by atoms with Crippen LogP contribution in [0.4, 0.5) is 14.7 Å². The van der Waals surface area contributed by atoms with Crippen LogP contribution in [0.15, 0.2) is 16.9 Å². The van der Waals surface area contributed by atoms with Crippen LogP contribution >= 0.6 is 15.9 Å². The fraction of sp³-hybridized carbons (Fsp3) is 0.556. The predicted octanol–water partition coefficient (Wildman–Crippen LogP) is 2.33. The molecule has 1 aliphatic carbocycles. The van der Waals surface area contributed by atoms with Crippen LogP contribution in [0.3, 0.4) is 0 Å². The summed E-state index contributed by atoms with van der Waals surface area (Å²) in [6.07, 6.45) is 3.18. The summed E-state index contributed by atoms with van der Waals surface area (Å²) in [7, 11) is 1.72. The van der Waals surface area contributed by atoms with Gasteiger partial charge in [0.15, 0.2) is 0 Å². The molecule has 3 nitrogen and oxygen atoms in total. The van der Waals surface area contributed by atoms with Crippen molar-refractivity contribution < 1.29 is 8.78 Å². The van der Waals surface area contributed by atoms with Crippen molar-refractivity contribution in [2.75, 3.05) is 18.5 Å². The van der Waals surface area contributed by atoms with Crippen LogP contribution in [0, 0.1) is 5.92 Å². The normalized spacial score (nSPS) is 22.5. The highest BCUT2D eigenvalue weighted by Crippen LogP contribution is 2.48. The van der Waals surface area contributed by atoms with E-state index in [1.807, 2.05) is 0 Å². The van der Waals surface area contributed by atoms with Crippen LogP contribution in [0.5, 0.6) is 0 Å². The van der Waals surface area contributed by atoms with E-state index in [1.54, 1.807) is 24.3 Å². The van der Waals surface area contributed by atoms with Gasteiger partial charge in [0.2, 0.25) is 5.95 Å².